The Balaban J connectivity index is 4.44. The molecule has 0 aliphatic rings. The van der Waals surface area contributed by atoms with Gasteiger partial charge in [0.25, 0.3) is 0 Å². The zero-order valence-electron chi connectivity index (χ0n) is 11.6. The fraction of sp³-hybridized carbons (Fsp3) is 0.833. The predicted molar refractivity (Wildman–Crippen MR) is 68.5 cm³/mol. The van der Waals surface area contributed by atoms with Gasteiger partial charge in [-0.15, -0.1) is 0 Å². The van der Waals surface area contributed by atoms with Gasteiger partial charge < -0.3 is 20.1 Å². The minimum Gasteiger partial charge on any atom is -0.480 e. The number of urea groups is 1. The van der Waals surface area contributed by atoms with Crippen LogP contribution in [0.15, 0.2) is 0 Å². The van der Waals surface area contributed by atoms with Gasteiger partial charge in [-0.05, 0) is 12.8 Å². The monoisotopic (exact) mass is 260 g/mol. The first kappa shape index (κ1) is 16.7. The summed E-state index contributed by atoms with van der Waals surface area (Å²) >= 11 is 0. The molecule has 18 heavy (non-hydrogen) atoms. The fourth-order valence-corrected chi connectivity index (χ4v) is 1.44. The highest BCUT2D eigenvalue weighted by Crippen LogP contribution is 2.04. The number of rotatable bonds is 8. The quantitative estimate of drug-likeness (QED) is 0.686. The lowest BCUT2D eigenvalue weighted by Gasteiger charge is -2.26. The van der Waals surface area contributed by atoms with Crippen LogP contribution < -0.4 is 5.32 Å². The number of hydrogen-bond acceptors (Lipinski definition) is 3. The van der Waals surface area contributed by atoms with Crippen molar-refractivity contribution in [3.63, 3.8) is 0 Å². The summed E-state index contributed by atoms with van der Waals surface area (Å²) < 4.78 is 4.77. The van der Waals surface area contributed by atoms with Crippen molar-refractivity contribution in [2.45, 2.75) is 33.2 Å². The van der Waals surface area contributed by atoms with Crippen LogP contribution in [0, 0.1) is 5.92 Å². The van der Waals surface area contributed by atoms with Crippen molar-refractivity contribution in [2.75, 3.05) is 26.8 Å². The molecule has 0 saturated heterocycles. The van der Waals surface area contributed by atoms with Gasteiger partial charge in [0.05, 0.1) is 6.61 Å². The summed E-state index contributed by atoms with van der Waals surface area (Å²) in [5, 5.41) is 11.4. The number of carboxylic acids is 1. The Bertz CT molecular complexity index is 271. The summed E-state index contributed by atoms with van der Waals surface area (Å²) in [6.45, 7) is 7.12. The maximum Gasteiger partial charge on any atom is 0.328 e. The van der Waals surface area contributed by atoms with Gasteiger partial charge in [-0.1, -0.05) is 20.3 Å². The molecule has 6 nitrogen and oxygen atoms in total. The lowest BCUT2D eigenvalue weighted by molar-refractivity contribution is -0.140. The van der Waals surface area contributed by atoms with Gasteiger partial charge in [-0.2, -0.15) is 0 Å². The van der Waals surface area contributed by atoms with Crippen LogP contribution in [0.1, 0.15) is 27.2 Å². The molecule has 2 N–H and O–H groups in total. The first-order chi connectivity index (χ1) is 8.46. The van der Waals surface area contributed by atoms with Gasteiger partial charge in [0.1, 0.15) is 0 Å². The number of carboxylic acid groups (broad SMARTS) is 1. The van der Waals surface area contributed by atoms with Crippen LogP contribution in [-0.2, 0) is 9.53 Å². The number of amides is 2. The maximum atomic E-state index is 11.9. The molecule has 0 aliphatic carbocycles. The molecular weight excluding hydrogens is 236 g/mol. The normalized spacial score (nSPS) is 13.8. The Hall–Kier alpha value is -1.30. The highest BCUT2D eigenvalue weighted by Gasteiger charge is 2.22. The van der Waals surface area contributed by atoms with E-state index < -0.39 is 12.0 Å². The molecule has 2 unspecified atom stereocenters. The van der Waals surface area contributed by atoms with E-state index in [0.717, 1.165) is 6.42 Å². The molecule has 0 aromatic heterocycles. The van der Waals surface area contributed by atoms with Crippen LogP contribution in [0.2, 0.25) is 0 Å². The second-order valence-electron chi connectivity index (χ2n) is 4.35. The molecule has 2 atom stereocenters. The third-order valence-electron chi connectivity index (χ3n) is 2.83. The lowest BCUT2D eigenvalue weighted by atomic mass is 10.1. The van der Waals surface area contributed by atoms with Gasteiger partial charge in [-0.3, -0.25) is 0 Å². The van der Waals surface area contributed by atoms with E-state index >= 15 is 0 Å². The highest BCUT2D eigenvalue weighted by atomic mass is 16.5. The third kappa shape index (κ3) is 5.86. The van der Waals surface area contributed by atoms with Gasteiger partial charge in [0, 0.05) is 20.2 Å². The number of aliphatic carboxylic acids is 1. The molecule has 106 valence electrons. The van der Waals surface area contributed by atoms with Crippen molar-refractivity contribution in [3.05, 3.63) is 0 Å². The fourth-order valence-electron chi connectivity index (χ4n) is 1.44. The minimum atomic E-state index is -1.09. The molecule has 0 fully saturated rings. The van der Waals surface area contributed by atoms with Crippen molar-refractivity contribution in [1.29, 1.82) is 0 Å². The van der Waals surface area contributed by atoms with E-state index in [0.29, 0.717) is 19.0 Å². The first-order valence-electron chi connectivity index (χ1n) is 6.23. The highest BCUT2D eigenvalue weighted by molar-refractivity contribution is 5.82. The predicted octanol–water partition coefficient (Wildman–Crippen LogP) is 1.16. The largest absolute Gasteiger partial charge is 0.480 e. The van der Waals surface area contributed by atoms with Gasteiger partial charge in [-0.25, -0.2) is 9.59 Å². The summed E-state index contributed by atoms with van der Waals surface area (Å²) in [6, 6.07) is -1.37. The Labute approximate surface area is 108 Å². The second-order valence-corrected chi connectivity index (χ2v) is 4.35. The second kappa shape index (κ2) is 8.74. The third-order valence-corrected chi connectivity index (χ3v) is 2.83. The van der Waals surface area contributed by atoms with Crippen molar-refractivity contribution >= 4 is 12.0 Å². The lowest BCUT2D eigenvalue weighted by Crippen LogP contribution is -2.50. The molecule has 0 radical (unpaired) electrons. The first-order valence-corrected chi connectivity index (χ1v) is 6.23. The van der Waals surface area contributed by atoms with Crippen LogP contribution in [0.5, 0.6) is 0 Å². The molecule has 0 aliphatic heterocycles. The van der Waals surface area contributed by atoms with Crippen molar-refractivity contribution in [1.82, 2.24) is 10.2 Å². The van der Waals surface area contributed by atoms with E-state index in [9.17, 15) is 9.59 Å². The average Bonchev–Trinajstić information content (AvgIpc) is 2.34. The molecule has 0 spiro atoms. The van der Waals surface area contributed by atoms with E-state index in [2.05, 4.69) is 19.2 Å². The van der Waals surface area contributed by atoms with E-state index in [1.165, 1.54) is 7.11 Å². The standard InChI is InChI=1S/C12H24N2O4/c1-5-9(3)7-14(6-2)12(17)13-10(8-18-4)11(15)16/h9-10H,5-8H2,1-4H3,(H,13,17)(H,15,16). The van der Waals surface area contributed by atoms with Gasteiger partial charge in [0.15, 0.2) is 6.04 Å². The zero-order valence-corrected chi connectivity index (χ0v) is 11.6. The molecular formula is C12H24N2O4. The molecule has 0 rings (SSSR count). The van der Waals surface area contributed by atoms with Crippen LogP contribution >= 0.6 is 0 Å². The summed E-state index contributed by atoms with van der Waals surface area (Å²) in [5.74, 6) is -0.703. The number of methoxy groups -OCH3 is 1. The van der Waals surface area contributed by atoms with Crippen molar-refractivity contribution in [2.24, 2.45) is 5.92 Å². The summed E-state index contributed by atoms with van der Waals surface area (Å²) in [4.78, 5) is 24.4. The smallest absolute Gasteiger partial charge is 0.328 e. The Kier molecular flexibility index (Phi) is 8.11. The SMILES string of the molecule is CCC(C)CN(CC)C(=O)NC(COC)C(=O)O. The van der Waals surface area contributed by atoms with Crippen LogP contribution in [0.3, 0.4) is 0 Å². The number of ether oxygens (including phenoxy) is 1. The Morgan fingerprint density at radius 3 is 2.39 bits per heavy atom. The van der Waals surface area contributed by atoms with Crippen molar-refractivity contribution in [3.8, 4) is 0 Å². The number of nitrogens with zero attached hydrogens (tertiary/aromatic N) is 1. The summed E-state index contributed by atoms with van der Waals surface area (Å²) in [5.41, 5.74) is 0. The Morgan fingerprint density at radius 2 is 2.00 bits per heavy atom. The molecule has 0 saturated carbocycles. The van der Waals surface area contributed by atoms with Crippen LogP contribution in [-0.4, -0.2) is 54.9 Å². The maximum absolute atomic E-state index is 11.9. The number of carbonyl (C=O) groups is 2. The number of hydrogen-bond donors (Lipinski definition) is 2. The summed E-state index contributed by atoms with van der Waals surface area (Å²) in [6.07, 6.45) is 0.976. The number of nitrogens with one attached hydrogen (secondary N) is 1. The average molecular weight is 260 g/mol. The van der Waals surface area contributed by atoms with Crippen LogP contribution in [0.25, 0.3) is 0 Å². The van der Waals surface area contributed by atoms with E-state index in [1.54, 1.807) is 4.90 Å². The summed E-state index contributed by atoms with van der Waals surface area (Å²) in [7, 11) is 1.40. The molecule has 2 amide bonds. The van der Waals surface area contributed by atoms with Crippen LogP contribution in [0.4, 0.5) is 4.79 Å². The molecule has 6 heteroatoms. The minimum absolute atomic E-state index is 0.0397. The number of carbonyl (C=O) groups excluding carboxylic acids is 1. The molecule has 0 aromatic carbocycles. The van der Waals surface area contributed by atoms with Gasteiger partial charge in [0.2, 0.25) is 0 Å². The van der Waals surface area contributed by atoms with E-state index in [4.69, 9.17) is 9.84 Å². The molecule has 0 aromatic rings. The van der Waals surface area contributed by atoms with Crippen molar-refractivity contribution < 1.29 is 19.4 Å². The zero-order chi connectivity index (χ0) is 14.1. The molecule has 0 heterocycles. The topological polar surface area (TPSA) is 78.9 Å². The Morgan fingerprint density at radius 1 is 1.39 bits per heavy atom. The molecule has 0 bridgehead atoms. The van der Waals surface area contributed by atoms with Gasteiger partial charge >= 0.3 is 12.0 Å². The van der Waals surface area contributed by atoms with E-state index in [1.807, 2.05) is 6.92 Å². The van der Waals surface area contributed by atoms with E-state index in [-0.39, 0.29) is 12.6 Å².